The number of carbonyl (C=O) groups is 2. The second kappa shape index (κ2) is 11.1. The molecule has 2 aromatic carbocycles. The van der Waals surface area contributed by atoms with Crippen molar-refractivity contribution in [3.05, 3.63) is 58.6 Å². The van der Waals surface area contributed by atoms with Crippen LogP contribution in [0.3, 0.4) is 0 Å². The molecule has 2 N–H and O–H groups in total. The normalized spacial score (nSPS) is 14.9. The number of ether oxygens (including phenoxy) is 1. The monoisotopic (exact) mass is 473 g/mol. The summed E-state index contributed by atoms with van der Waals surface area (Å²) in [4.78, 5) is 26.9. The van der Waals surface area contributed by atoms with Gasteiger partial charge >= 0.3 is 0 Å². The van der Waals surface area contributed by atoms with E-state index in [1.807, 2.05) is 43.3 Å². The van der Waals surface area contributed by atoms with E-state index in [-0.39, 0.29) is 17.9 Å². The molecule has 1 fully saturated rings. The molecule has 6 nitrogen and oxygen atoms in total. The third-order valence-corrected chi connectivity index (χ3v) is 5.51. The van der Waals surface area contributed by atoms with Crippen molar-refractivity contribution >= 4 is 27.7 Å². The molecule has 0 aromatic heterocycles. The average molecular weight is 474 g/mol. The largest absolute Gasteiger partial charge is 0.456 e. The standard InChI is InChI=1S/C23H28BrN3O3/c1-2-12-25-22(28)16-27-13-10-18(11-14-27)26-23(29)20-8-3-4-9-21(20)30-19-7-5-6-17(24)15-19/h3-9,15,18H,2,10-14,16H2,1H3,(H,25,28)(H,26,29). The molecular weight excluding hydrogens is 446 g/mol. The van der Waals surface area contributed by atoms with Crippen LogP contribution in [0.5, 0.6) is 11.5 Å². The quantitative estimate of drug-likeness (QED) is 0.608. The summed E-state index contributed by atoms with van der Waals surface area (Å²) in [5.41, 5.74) is 0.513. The number of para-hydroxylation sites is 1. The summed E-state index contributed by atoms with van der Waals surface area (Å²) >= 11 is 3.43. The molecule has 2 amide bonds. The zero-order chi connectivity index (χ0) is 21.3. The molecule has 0 radical (unpaired) electrons. The van der Waals surface area contributed by atoms with E-state index >= 15 is 0 Å². The molecule has 0 unspecified atom stereocenters. The molecule has 0 saturated carbocycles. The molecule has 0 aliphatic carbocycles. The van der Waals surface area contributed by atoms with Crippen LogP contribution < -0.4 is 15.4 Å². The molecule has 1 saturated heterocycles. The number of benzene rings is 2. The number of hydrogen-bond donors (Lipinski definition) is 2. The summed E-state index contributed by atoms with van der Waals surface area (Å²) in [5, 5.41) is 6.03. The highest BCUT2D eigenvalue weighted by atomic mass is 79.9. The Hall–Kier alpha value is -2.38. The van der Waals surface area contributed by atoms with Crippen molar-refractivity contribution in [2.24, 2.45) is 0 Å². The van der Waals surface area contributed by atoms with Gasteiger partial charge in [-0.05, 0) is 49.6 Å². The van der Waals surface area contributed by atoms with Gasteiger partial charge in [-0.3, -0.25) is 14.5 Å². The highest BCUT2D eigenvalue weighted by Crippen LogP contribution is 2.27. The van der Waals surface area contributed by atoms with Gasteiger partial charge < -0.3 is 15.4 Å². The Morgan fingerprint density at radius 1 is 1.13 bits per heavy atom. The zero-order valence-corrected chi connectivity index (χ0v) is 18.8. The zero-order valence-electron chi connectivity index (χ0n) is 17.2. The van der Waals surface area contributed by atoms with Gasteiger partial charge in [-0.1, -0.05) is 41.1 Å². The van der Waals surface area contributed by atoms with E-state index in [1.165, 1.54) is 0 Å². The van der Waals surface area contributed by atoms with Gasteiger partial charge in [0.1, 0.15) is 11.5 Å². The van der Waals surface area contributed by atoms with Crippen LogP contribution in [0.15, 0.2) is 53.0 Å². The molecule has 0 spiro atoms. The van der Waals surface area contributed by atoms with E-state index in [0.717, 1.165) is 36.8 Å². The van der Waals surface area contributed by atoms with E-state index in [4.69, 9.17) is 4.74 Å². The van der Waals surface area contributed by atoms with E-state index in [2.05, 4.69) is 31.5 Å². The number of halogens is 1. The Kier molecular flexibility index (Phi) is 8.28. The van der Waals surface area contributed by atoms with Gasteiger partial charge in [-0.15, -0.1) is 0 Å². The summed E-state index contributed by atoms with van der Waals surface area (Å²) in [5.74, 6) is 1.12. The van der Waals surface area contributed by atoms with Gasteiger partial charge in [0.05, 0.1) is 12.1 Å². The number of carbonyl (C=O) groups excluding carboxylic acids is 2. The van der Waals surface area contributed by atoms with Crippen LogP contribution in [0.4, 0.5) is 0 Å². The van der Waals surface area contributed by atoms with Crippen molar-refractivity contribution in [2.75, 3.05) is 26.2 Å². The van der Waals surface area contributed by atoms with Crippen LogP contribution in [-0.2, 0) is 4.79 Å². The topological polar surface area (TPSA) is 70.7 Å². The van der Waals surface area contributed by atoms with Gasteiger partial charge in [-0.25, -0.2) is 0 Å². The number of hydrogen-bond acceptors (Lipinski definition) is 4. The fraction of sp³-hybridized carbons (Fsp3) is 0.391. The predicted molar refractivity (Wildman–Crippen MR) is 121 cm³/mol. The lowest BCUT2D eigenvalue weighted by molar-refractivity contribution is -0.122. The van der Waals surface area contributed by atoms with Crippen molar-refractivity contribution in [3.8, 4) is 11.5 Å². The number of likely N-dealkylation sites (tertiary alicyclic amines) is 1. The Balaban J connectivity index is 1.54. The van der Waals surface area contributed by atoms with Crippen LogP contribution in [0.2, 0.25) is 0 Å². The first-order valence-electron chi connectivity index (χ1n) is 10.4. The summed E-state index contributed by atoms with van der Waals surface area (Å²) in [7, 11) is 0. The SMILES string of the molecule is CCCNC(=O)CN1CCC(NC(=O)c2ccccc2Oc2cccc(Br)c2)CC1. The van der Waals surface area contributed by atoms with Crippen molar-refractivity contribution in [2.45, 2.75) is 32.2 Å². The van der Waals surface area contributed by atoms with Gasteiger partial charge in [0.15, 0.2) is 0 Å². The fourth-order valence-corrected chi connectivity index (χ4v) is 3.80. The van der Waals surface area contributed by atoms with Gasteiger partial charge in [0.2, 0.25) is 5.91 Å². The Bertz CT molecular complexity index is 866. The van der Waals surface area contributed by atoms with Crippen LogP contribution in [0.25, 0.3) is 0 Å². The molecule has 160 valence electrons. The van der Waals surface area contributed by atoms with Crippen LogP contribution in [0.1, 0.15) is 36.5 Å². The summed E-state index contributed by atoms with van der Waals surface area (Å²) in [6.07, 6.45) is 2.58. The second-order valence-electron chi connectivity index (χ2n) is 7.43. The minimum atomic E-state index is -0.139. The first kappa shape index (κ1) is 22.3. The van der Waals surface area contributed by atoms with Crippen molar-refractivity contribution in [1.82, 2.24) is 15.5 Å². The van der Waals surface area contributed by atoms with Gasteiger partial charge in [0.25, 0.3) is 5.91 Å². The highest BCUT2D eigenvalue weighted by Gasteiger charge is 2.23. The van der Waals surface area contributed by atoms with Crippen molar-refractivity contribution in [3.63, 3.8) is 0 Å². The van der Waals surface area contributed by atoms with Crippen molar-refractivity contribution in [1.29, 1.82) is 0 Å². The molecule has 3 rings (SSSR count). The lowest BCUT2D eigenvalue weighted by atomic mass is 10.0. The van der Waals surface area contributed by atoms with Gasteiger partial charge in [0, 0.05) is 30.1 Å². The van der Waals surface area contributed by atoms with E-state index in [0.29, 0.717) is 30.2 Å². The summed E-state index contributed by atoms with van der Waals surface area (Å²) < 4.78 is 6.86. The third kappa shape index (κ3) is 6.57. The highest BCUT2D eigenvalue weighted by molar-refractivity contribution is 9.10. The lowest BCUT2D eigenvalue weighted by Crippen LogP contribution is -2.47. The Morgan fingerprint density at radius 3 is 2.63 bits per heavy atom. The smallest absolute Gasteiger partial charge is 0.255 e. The molecule has 1 aliphatic rings. The molecule has 1 heterocycles. The van der Waals surface area contributed by atoms with E-state index in [1.54, 1.807) is 12.1 Å². The molecule has 0 atom stereocenters. The maximum atomic E-state index is 12.9. The van der Waals surface area contributed by atoms with Gasteiger partial charge in [-0.2, -0.15) is 0 Å². The maximum Gasteiger partial charge on any atom is 0.255 e. The summed E-state index contributed by atoms with van der Waals surface area (Å²) in [6, 6.07) is 14.9. The summed E-state index contributed by atoms with van der Waals surface area (Å²) in [6.45, 7) is 4.76. The Labute approximate surface area is 186 Å². The van der Waals surface area contributed by atoms with Crippen LogP contribution >= 0.6 is 15.9 Å². The average Bonchev–Trinajstić information content (AvgIpc) is 2.74. The van der Waals surface area contributed by atoms with Crippen molar-refractivity contribution < 1.29 is 14.3 Å². The van der Waals surface area contributed by atoms with Crippen LogP contribution in [-0.4, -0.2) is 48.9 Å². The molecule has 2 aromatic rings. The molecule has 1 aliphatic heterocycles. The number of nitrogens with one attached hydrogen (secondary N) is 2. The second-order valence-corrected chi connectivity index (χ2v) is 8.35. The predicted octanol–water partition coefficient (Wildman–Crippen LogP) is 3.96. The third-order valence-electron chi connectivity index (χ3n) is 5.02. The fourth-order valence-electron chi connectivity index (χ4n) is 3.42. The minimum absolute atomic E-state index is 0.0676. The number of rotatable bonds is 8. The van der Waals surface area contributed by atoms with E-state index < -0.39 is 0 Å². The minimum Gasteiger partial charge on any atom is -0.456 e. The lowest BCUT2D eigenvalue weighted by Gasteiger charge is -2.32. The molecular formula is C23H28BrN3O3. The first-order chi connectivity index (χ1) is 14.5. The molecule has 7 heteroatoms. The molecule has 30 heavy (non-hydrogen) atoms. The Morgan fingerprint density at radius 2 is 1.90 bits per heavy atom. The first-order valence-corrected chi connectivity index (χ1v) is 11.2. The number of nitrogens with zero attached hydrogens (tertiary/aromatic N) is 1. The van der Waals surface area contributed by atoms with E-state index in [9.17, 15) is 9.59 Å². The van der Waals surface area contributed by atoms with Crippen LogP contribution in [0, 0.1) is 0 Å². The number of amides is 2. The molecule has 0 bridgehead atoms. The number of piperidine rings is 1. The maximum absolute atomic E-state index is 12.9.